The van der Waals surface area contributed by atoms with Crippen molar-refractivity contribution in [3.8, 4) is 100 Å². The molecule has 0 saturated carbocycles. The van der Waals surface area contributed by atoms with E-state index < -0.39 is 0 Å². The summed E-state index contributed by atoms with van der Waals surface area (Å²) in [4.78, 5) is 4.90. The van der Waals surface area contributed by atoms with Gasteiger partial charge in [0, 0.05) is 90.8 Å². The number of anilines is 6. The van der Waals surface area contributed by atoms with E-state index in [4.69, 9.17) is 8.83 Å². The van der Waals surface area contributed by atoms with Gasteiger partial charge >= 0.3 is 0 Å². The van der Waals surface area contributed by atoms with Crippen LogP contribution in [0.25, 0.3) is 184 Å². The van der Waals surface area contributed by atoms with Crippen molar-refractivity contribution < 1.29 is 8.83 Å². The Kier molecular flexibility index (Phi) is 16.3. The highest BCUT2D eigenvalue weighted by molar-refractivity contribution is 7.26. The average Bonchev–Trinajstić information content (AvgIpc) is 1.34. The Bertz CT molecular complexity index is 7470. The summed E-state index contributed by atoms with van der Waals surface area (Å²) in [6.45, 7) is 0. The van der Waals surface area contributed by atoms with Gasteiger partial charge in [0.2, 0.25) is 0 Å². The summed E-state index contributed by atoms with van der Waals surface area (Å²) in [6, 6.07) is 151. The van der Waals surface area contributed by atoms with Crippen LogP contribution in [0, 0.1) is 0 Å². The zero-order chi connectivity index (χ0) is 75.2. The number of nitrogens with zero attached hydrogens (tertiary/aromatic N) is 2. The Hall–Kier alpha value is -14.4. The summed E-state index contributed by atoms with van der Waals surface area (Å²) in [7, 11) is 0. The summed E-state index contributed by atoms with van der Waals surface area (Å²) in [5, 5.41) is 9.25. The van der Waals surface area contributed by atoms with E-state index in [2.05, 4.69) is 422 Å². The predicted molar refractivity (Wildman–Crippen MR) is 485 cm³/mol. The highest BCUT2D eigenvalue weighted by Crippen LogP contribution is 2.54. The second kappa shape index (κ2) is 27.9. The zero-order valence-corrected chi connectivity index (χ0v) is 63.4. The number of thiophene rings is 2. The number of rotatable bonds is 15. The second-order valence-electron chi connectivity index (χ2n) is 29.2. The fraction of sp³-hybridized carbons (Fsp3) is 0. The van der Waals surface area contributed by atoms with Crippen LogP contribution < -0.4 is 9.80 Å². The van der Waals surface area contributed by atoms with Crippen LogP contribution in [0.15, 0.2) is 421 Å². The van der Waals surface area contributed by atoms with Crippen LogP contribution in [0.5, 0.6) is 0 Å². The number of fused-ring (bicyclic) bond motifs is 12. The molecule has 0 aliphatic heterocycles. The van der Waals surface area contributed by atoms with Gasteiger partial charge < -0.3 is 18.6 Å². The van der Waals surface area contributed by atoms with E-state index in [-0.39, 0.29) is 0 Å². The van der Waals surface area contributed by atoms with Crippen LogP contribution >= 0.6 is 22.7 Å². The predicted octanol–water partition coefficient (Wildman–Crippen LogP) is 32.2. The number of para-hydroxylation sites is 1. The van der Waals surface area contributed by atoms with Gasteiger partial charge in [-0.05, 0) is 198 Å². The first-order chi connectivity index (χ1) is 56.5. The largest absolute Gasteiger partial charge is 0.456 e. The molecule has 0 aliphatic carbocycles. The van der Waals surface area contributed by atoms with E-state index in [0.717, 1.165) is 173 Å². The van der Waals surface area contributed by atoms with Gasteiger partial charge in [-0.25, -0.2) is 0 Å². The van der Waals surface area contributed by atoms with Crippen LogP contribution in [-0.2, 0) is 0 Å². The Morgan fingerprint density at radius 2 is 0.561 bits per heavy atom. The Morgan fingerprint density at radius 1 is 0.175 bits per heavy atom. The Balaban J connectivity index is 0.692. The van der Waals surface area contributed by atoms with Crippen molar-refractivity contribution in [3.63, 3.8) is 0 Å². The quantitative estimate of drug-likeness (QED) is 0.102. The minimum Gasteiger partial charge on any atom is -0.456 e. The molecular weight excluding hydrogens is 1420 g/mol. The number of furan rings is 2. The van der Waals surface area contributed by atoms with E-state index in [0.29, 0.717) is 0 Å². The molecule has 6 heteroatoms. The molecule has 0 fully saturated rings. The third kappa shape index (κ3) is 11.4. The fourth-order valence-electron chi connectivity index (χ4n) is 17.6. The van der Waals surface area contributed by atoms with Crippen LogP contribution in [-0.4, -0.2) is 0 Å². The topological polar surface area (TPSA) is 32.8 Å². The van der Waals surface area contributed by atoms with E-state index in [1.54, 1.807) is 0 Å². The van der Waals surface area contributed by atoms with Crippen LogP contribution in [0.2, 0.25) is 0 Å². The molecule has 534 valence electrons. The van der Waals surface area contributed by atoms with Crippen molar-refractivity contribution >= 4 is 141 Å². The molecule has 0 atom stereocenters. The molecule has 0 radical (unpaired) electrons. The average molecular weight is 1490 g/mol. The first kappa shape index (κ1) is 66.6. The van der Waals surface area contributed by atoms with Crippen LogP contribution in [0.3, 0.4) is 0 Å². The summed E-state index contributed by atoms with van der Waals surface area (Å²) in [5.41, 5.74) is 29.9. The van der Waals surface area contributed by atoms with Crippen molar-refractivity contribution in [2.45, 2.75) is 0 Å². The van der Waals surface area contributed by atoms with E-state index in [9.17, 15) is 0 Å². The molecule has 114 heavy (non-hydrogen) atoms. The highest BCUT2D eigenvalue weighted by Gasteiger charge is 2.29. The molecule has 0 aliphatic rings. The molecule has 18 aromatic carbocycles. The molecule has 0 amide bonds. The lowest BCUT2D eigenvalue weighted by molar-refractivity contribution is 0.668. The van der Waals surface area contributed by atoms with E-state index in [1.807, 2.05) is 22.7 Å². The van der Waals surface area contributed by atoms with Crippen LogP contribution in [0.1, 0.15) is 0 Å². The van der Waals surface area contributed by atoms with Gasteiger partial charge in [0.15, 0.2) is 0 Å². The first-order valence-corrected chi connectivity index (χ1v) is 40.4. The molecular formula is C108H68N2O2S2. The van der Waals surface area contributed by atoms with Crippen molar-refractivity contribution in [3.05, 3.63) is 413 Å². The van der Waals surface area contributed by atoms with Gasteiger partial charge in [0.25, 0.3) is 0 Å². The maximum Gasteiger partial charge on any atom is 0.137 e. The van der Waals surface area contributed by atoms with E-state index >= 15 is 0 Å². The van der Waals surface area contributed by atoms with Gasteiger partial charge in [0.05, 0.1) is 22.4 Å². The van der Waals surface area contributed by atoms with Crippen molar-refractivity contribution in [2.24, 2.45) is 0 Å². The summed E-state index contributed by atoms with van der Waals surface area (Å²) < 4.78 is 19.0. The molecule has 0 N–H and O–H groups in total. The summed E-state index contributed by atoms with van der Waals surface area (Å²) in [6.07, 6.45) is 0. The lowest BCUT2D eigenvalue weighted by Crippen LogP contribution is -2.12. The molecule has 0 bridgehead atoms. The van der Waals surface area contributed by atoms with Gasteiger partial charge in [-0.3, -0.25) is 0 Å². The minimum atomic E-state index is 0.800. The molecule has 4 heterocycles. The summed E-state index contributed by atoms with van der Waals surface area (Å²) in [5.74, 6) is 0. The third-order valence-electron chi connectivity index (χ3n) is 22.7. The van der Waals surface area contributed by atoms with Gasteiger partial charge in [-0.15, -0.1) is 22.7 Å². The third-order valence-corrected chi connectivity index (χ3v) is 25.0. The van der Waals surface area contributed by atoms with Gasteiger partial charge in [-0.2, -0.15) is 0 Å². The molecule has 0 saturated heterocycles. The minimum absolute atomic E-state index is 0.800. The SMILES string of the molecule is c1ccc(-c2ccccc2-c2c(-c3ccccc3)cccc2N(c2ccc(-c3cccc4sc5ccccc5c34)cc2)c2ccc3c(c2)oc2cc(-c4cc(-c5ccc(N(c6cccc(-c7ccccc7)c6-c6ccccc6-c6ccccc6)c6cccc7oc8ccccc8c67)cc5)c5c(c4)sc4ccccc45)ccc23)cc1. The lowest BCUT2D eigenvalue weighted by Gasteiger charge is -2.30. The highest BCUT2D eigenvalue weighted by atomic mass is 32.1. The number of hydrogen-bond donors (Lipinski definition) is 0. The fourth-order valence-corrected chi connectivity index (χ4v) is 19.9. The molecule has 22 rings (SSSR count). The molecule has 22 aromatic rings. The smallest absolute Gasteiger partial charge is 0.137 e. The lowest BCUT2D eigenvalue weighted by atomic mass is 9.87. The normalized spacial score (nSPS) is 11.7. The Labute approximate surface area is 667 Å². The standard InChI is InChI=1S/C108H68N2O2S2/c1-5-27-69(28-6-1)80-35-13-15-37-87(80)104-82(71-31-9-3-10-32-71)42-23-45-93(104)109(77-58-53-73(54-59-77)84-44-25-52-102-106(84)90-40-18-21-50-100(90)113-102)79-62-64-86-85-63-57-75(66-98(85)112-99(86)68-79)76-65-92(107-91-41-19-22-51-101(91)114-103(107)67-76)74-55-60-78(61-56-74)110(95-47-26-49-97-108(95)89-39-17-20-48-96(89)111-97)94-46-24-43-83(72-33-11-4-12-34-72)105(94)88-38-16-14-36-81(88)70-29-7-2-8-30-70/h1-68H. The molecule has 0 spiro atoms. The second-order valence-corrected chi connectivity index (χ2v) is 31.4. The number of hydrogen-bond acceptors (Lipinski definition) is 6. The van der Waals surface area contributed by atoms with Crippen molar-refractivity contribution in [1.82, 2.24) is 0 Å². The maximum absolute atomic E-state index is 7.28. The molecule has 0 unspecified atom stereocenters. The maximum atomic E-state index is 7.28. The number of benzene rings is 18. The van der Waals surface area contributed by atoms with Crippen LogP contribution in [0.4, 0.5) is 34.1 Å². The summed E-state index contributed by atoms with van der Waals surface area (Å²) >= 11 is 3.70. The molecule has 4 aromatic heterocycles. The van der Waals surface area contributed by atoms with Gasteiger partial charge in [0.1, 0.15) is 22.3 Å². The first-order valence-electron chi connectivity index (χ1n) is 38.8. The van der Waals surface area contributed by atoms with Crippen molar-refractivity contribution in [2.75, 3.05) is 9.80 Å². The zero-order valence-electron chi connectivity index (χ0n) is 61.8. The Morgan fingerprint density at radius 3 is 1.17 bits per heavy atom. The van der Waals surface area contributed by atoms with E-state index in [1.165, 1.54) is 45.9 Å². The monoisotopic (exact) mass is 1490 g/mol. The van der Waals surface area contributed by atoms with Gasteiger partial charge in [-0.1, -0.05) is 297 Å². The molecule has 4 nitrogen and oxygen atoms in total. The van der Waals surface area contributed by atoms with Crippen molar-refractivity contribution in [1.29, 1.82) is 0 Å².